The Morgan fingerprint density at radius 1 is 0.649 bits per heavy atom. The van der Waals surface area contributed by atoms with Crippen molar-refractivity contribution >= 4 is 25.9 Å². The molecule has 4 aromatic carbocycles. The van der Waals surface area contributed by atoms with Crippen LogP contribution in [0.4, 0.5) is 0 Å². The topological polar surface area (TPSA) is 93.1 Å². The van der Waals surface area contributed by atoms with Gasteiger partial charge in [0.2, 0.25) is 5.90 Å². The Kier molecular flexibility index (Phi) is 6.68. The van der Waals surface area contributed by atoms with Crippen molar-refractivity contribution in [2.45, 2.75) is 15.4 Å². The summed E-state index contributed by atoms with van der Waals surface area (Å²) >= 11 is 0. The number of nitrogens with zero attached hydrogens (tertiary/aromatic N) is 2. The fourth-order valence-electron chi connectivity index (χ4n) is 4.17. The van der Waals surface area contributed by atoms with Crippen LogP contribution in [0.5, 0.6) is 0 Å². The zero-order valence-corrected chi connectivity index (χ0v) is 21.3. The van der Waals surface area contributed by atoms with Gasteiger partial charge in [0.25, 0.3) is 20.0 Å². The zero-order chi connectivity index (χ0) is 25.9. The Morgan fingerprint density at radius 3 is 1.57 bits per heavy atom. The lowest BCUT2D eigenvalue weighted by molar-refractivity contribution is 0.0773. The van der Waals surface area contributed by atoms with Crippen LogP contribution in [0.25, 0.3) is 0 Å². The lowest BCUT2D eigenvalue weighted by Gasteiger charge is -2.34. The molecule has 5 rings (SSSR count). The minimum absolute atomic E-state index is 0.0341. The smallest absolute Gasteiger partial charge is 0.256 e. The maximum Gasteiger partial charge on any atom is 0.256 e. The van der Waals surface area contributed by atoms with Gasteiger partial charge < -0.3 is 4.74 Å². The van der Waals surface area contributed by atoms with Crippen LogP contribution in [-0.2, 0) is 30.4 Å². The van der Waals surface area contributed by atoms with E-state index in [-0.39, 0.29) is 16.3 Å². The average Bonchev–Trinajstić information content (AvgIpc) is 3.39. The molecule has 0 amide bonds. The monoisotopic (exact) mass is 532 g/mol. The molecule has 0 aromatic heterocycles. The van der Waals surface area contributed by atoms with E-state index in [0.29, 0.717) is 20.7 Å². The number of sulfonamides is 2. The third-order valence-corrected chi connectivity index (χ3v) is 10.3. The maximum absolute atomic E-state index is 13.9. The third kappa shape index (κ3) is 4.81. The van der Waals surface area contributed by atoms with E-state index in [1.165, 1.54) is 24.3 Å². The van der Waals surface area contributed by atoms with Crippen molar-refractivity contribution in [2.75, 3.05) is 13.1 Å². The predicted octanol–water partition coefficient (Wildman–Crippen LogP) is 4.44. The Labute approximate surface area is 216 Å². The van der Waals surface area contributed by atoms with Crippen LogP contribution in [0.15, 0.2) is 136 Å². The van der Waals surface area contributed by atoms with Gasteiger partial charge >= 0.3 is 0 Å². The highest BCUT2D eigenvalue weighted by Crippen LogP contribution is 2.37. The molecule has 0 spiro atoms. The molecular formula is C28H24N2O5S2. The molecule has 0 N–H and O–H groups in total. The molecule has 0 bridgehead atoms. The molecule has 1 aliphatic rings. The summed E-state index contributed by atoms with van der Waals surface area (Å²) in [6.07, 6.45) is 0. The highest BCUT2D eigenvalue weighted by atomic mass is 32.3. The van der Waals surface area contributed by atoms with E-state index in [2.05, 4.69) is 4.99 Å². The number of aliphatic imine (C=N–C) groups is 1. The number of hydrogen-bond donors (Lipinski definition) is 0. The molecule has 0 saturated carbocycles. The molecule has 0 fully saturated rings. The summed E-state index contributed by atoms with van der Waals surface area (Å²) in [4.78, 5) is 4.30. The van der Waals surface area contributed by atoms with Crippen molar-refractivity contribution in [1.29, 1.82) is 0 Å². The van der Waals surface area contributed by atoms with Gasteiger partial charge in [-0.25, -0.2) is 21.8 Å². The second-order valence-corrected chi connectivity index (χ2v) is 12.5. The molecular weight excluding hydrogens is 508 g/mol. The molecule has 0 aliphatic carbocycles. The first-order valence-corrected chi connectivity index (χ1v) is 14.4. The van der Waals surface area contributed by atoms with Crippen LogP contribution < -0.4 is 0 Å². The van der Waals surface area contributed by atoms with Crippen molar-refractivity contribution in [3.05, 3.63) is 132 Å². The van der Waals surface area contributed by atoms with E-state index in [1.807, 2.05) is 36.4 Å². The van der Waals surface area contributed by atoms with Crippen LogP contribution in [0.1, 0.15) is 11.1 Å². The summed E-state index contributed by atoms with van der Waals surface area (Å²) in [7, 11) is -9.02. The van der Waals surface area contributed by atoms with Gasteiger partial charge in [-0.05, 0) is 42.0 Å². The Hall–Kier alpha value is -3.79. The molecule has 1 heterocycles. The second kappa shape index (κ2) is 9.93. The lowest BCUT2D eigenvalue weighted by atomic mass is 9.94. The molecule has 37 heavy (non-hydrogen) atoms. The predicted molar refractivity (Wildman–Crippen MR) is 141 cm³/mol. The van der Waals surface area contributed by atoms with Crippen molar-refractivity contribution in [1.82, 2.24) is 3.71 Å². The van der Waals surface area contributed by atoms with Crippen LogP contribution in [0.2, 0.25) is 0 Å². The van der Waals surface area contributed by atoms with Crippen LogP contribution in [0.3, 0.4) is 0 Å². The summed E-state index contributed by atoms with van der Waals surface area (Å²) < 4.78 is 62.6. The van der Waals surface area contributed by atoms with E-state index in [4.69, 9.17) is 4.74 Å². The van der Waals surface area contributed by atoms with Gasteiger partial charge in [-0.3, -0.25) is 0 Å². The van der Waals surface area contributed by atoms with Crippen LogP contribution >= 0.6 is 0 Å². The Bertz CT molecular complexity index is 1540. The van der Waals surface area contributed by atoms with Gasteiger partial charge in [0.15, 0.2) is 5.60 Å². The average molecular weight is 533 g/mol. The largest absolute Gasteiger partial charge is 0.462 e. The summed E-state index contributed by atoms with van der Waals surface area (Å²) in [6, 6.07) is 33.2. The fraction of sp³-hybridized carbons (Fsp3) is 0.107. The lowest BCUT2D eigenvalue weighted by Crippen LogP contribution is -2.48. The highest BCUT2D eigenvalue weighted by Gasteiger charge is 2.48. The summed E-state index contributed by atoms with van der Waals surface area (Å²) in [5.41, 5.74) is -0.0549. The number of rotatable bonds is 8. The van der Waals surface area contributed by atoms with E-state index >= 15 is 0 Å². The quantitative estimate of drug-likeness (QED) is 0.335. The standard InChI is InChI=1S/C28H24N2O5S2/c31-36(32,25-17-9-3-10-18-25)30(37(33,34)26-19-11-4-12-20-26)22-28(24-15-7-2-8-16-24)21-29-27(35-28)23-13-5-1-6-14-23/h1-20H,21-22H2. The number of ether oxygens (including phenoxy) is 1. The zero-order valence-electron chi connectivity index (χ0n) is 19.7. The van der Waals surface area contributed by atoms with Gasteiger partial charge in [0, 0.05) is 5.56 Å². The molecule has 0 radical (unpaired) electrons. The number of benzene rings is 4. The van der Waals surface area contributed by atoms with E-state index in [9.17, 15) is 16.8 Å². The summed E-state index contributed by atoms with van der Waals surface area (Å²) in [6.45, 7) is -0.475. The molecule has 4 aromatic rings. The van der Waals surface area contributed by atoms with Gasteiger partial charge in [0.05, 0.1) is 22.9 Å². The first-order valence-electron chi connectivity index (χ1n) is 11.6. The van der Waals surface area contributed by atoms with Crippen molar-refractivity contribution in [3.8, 4) is 0 Å². The van der Waals surface area contributed by atoms with Gasteiger partial charge in [-0.15, -0.1) is 0 Å². The Morgan fingerprint density at radius 2 is 1.08 bits per heavy atom. The van der Waals surface area contributed by atoms with Gasteiger partial charge in [-0.2, -0.15) is 0 Å². The number of hydrogen-bond acceptors (Lipinski definition) is 6. The minimum Gasteiger partial charge on any atom is -0.462 e. The van der Waals surface area contributed by atoms with Crippen LogP contribution in [0, 0.1) is 0 Å². The molecule has 7 nitrogen and oxygen atoms in total. The van der Waals surface area contributed by atoms with E-state index in [0.717, 1.165) is 0 Å². The highest BCUT2D eigenvalue weighted by molar-refractivity contribution is 8.04. The van der Waals surface area contributed by atoms with Gasteiger partial charge in [-0.1, -0.05) is 88.6 Å². The summed E-state index contributed by atoms with van der Waals surface area (Å²) in [5, 5.41) is 0. The maximum atomic E-state index is 13.9. The van der Waals surface area contributed by atoms with E-state index in [1.54, 1.807) is 60.7 Å². The first kappa shape index (κ1) is 24.9. The molecule has 0 saturated heterocycles. The molecule has 188 valence electrons. The molecule has 1 unspecified atom stereocenters. The Balaban J connectivity index is 1.65. The van der Waals surface area contributed by atoms with Crippen molar-refractivity contribution in [3.63, 3.8) is 0 Å². The minimum atomic E-state index is -4.51. The SMILES string of the molecule is O=S(=O)(c1ccccc1)N(CC1(c2ccccc2)CN=C(c2ccccc2)O1)S(=O)(=O)c1ccccc1. The van der Waals surface area contributed by atoms with Crippen molar-refractivity contribution in [2.24, 2.45) is 4.99 Å². The molecule has 1 aliphatic heterocycles. The van der Waals surface area contributed by atoms with Gasteiger partial charge in [0.1, 0.15) is 0 Å². The second-order valence-electron chi connectivity index (χ2n) is 8.52. The fourth-order valence-corrected chi connectivity index (χ4v) is 7.95. The van der Waals surface area contributed by atoms with Crippen LogP contribution in [-0.4, -0.2) is 39.5 Å². The van der Waals surface area contributed by atoms with Crippen molar-refractivity contribution < 1.29 is 21.6 Å². The third-order valence-electron chi connectivity index (χ3n) is 6.09. The molecule has 9 heteroatoms. The van der Waals surface area contributed by atoms with E-state index < -0.39 is 32.2 Å². The molecule has 1 atom stereocenters. The summed E-state index contributed by atoms with van der Waals surface area (Å²) in [5.74, 6) is 0.318. The first-order chi connectivity index (χ1) is 17.8. The normalized spacial score (nSPS) is 17.8.